The maximum Gasteiger partial charge on any atom is 0.305 e. The molecule has 2 aliphatic rings. The molecule has 0 spiro atoms. The Balaban J connectivity index is 1.28. The number of allylic oxidation sites excluding steroid dienone is 2. The smallest absolute Gasteiger partial charge is 0.305 e. The van der Waals surface area contributed by atoms with Gasteiger partial charge in [-0.15, -0.1) is 0 Å². The SMILES string of the molecule is CCCCCC1OC1CC=CCCCCCCCC(=O)OCC(O)COC(=O)CCCCCCC/C=C\CC1OC1CCCCC. The number of esters is 2. The fraction of sp³-hybridized carbons (Fsp3) is 0.846. The Morgan fingerprint density at radius 2 is 0.978 bits per heavy atom. The summed E-state index contributed by atoms with van der Waals surface area (Å²) in [6.45, 7) is 4.20. The molecule has 0 aromatic rings. The van der Waals surface area contributed by atoms with Crippen LogP contribution in [-0.2, 0) is 28.5 Å². The molecule has 2 fully saturated rings. The minimum Gasteiger partial charge on any atom is -0.463 e. The predicted octanol–water partition coefficient (Wildman–Crippen LogP) is 9.48. The zero-order valence-electron chi connectivity index (χ0n) is 29.5. The lowest BCUT2D eigenvalue weighted by molar-refractivity contribution is -0.152. The van der Waals surface area contributed by atoms with E-state index >= 15 is 0 Å². The number of hydrogen-bond donors (Lipinski definition) is 1. The molecule has 5 unspecified atom stereocenters. The first-order valence-electron chi connectivity index (χ1n) is 19.1. The van der Waals surface area contributed by atoms with E-state index in [0.29, 0.717) is 37.3 Å². The summed E-state index contributed by atoms with van der Waals surface area (Å²) in [5, 5.41) is 10.0. The third-order valence-corrected chi connectivity index (χ3v) is 9.01. The number of carbonyl (C=O) groups excluding carboxylic acids is 2. The first-order chi connectivity index (χ1) is 22.5. The van der Waals surface area contributed by atoms with E-state index in [9.17, 15) is 14.7 Å². The zero-order valence-corrected chi connectivity index (χ0v) is 29.5. The van der Waals surface area contributed by atoms with E-state index in [1.165, 1.54) is 64.2 Å². The quantitative estimate of drug-likeness (QED) is 0.0336. The van der Waals surface area contributed by atoms with Gasteiger partial charge in [0.05, 0.1) is 24.4 Å². The van der Waals surface area contributed by atoms with Crippen LogP contribution in [0.2, 0.25) is 0 Å². The number of aliphatic hydroxyl groups is 1. The maximum absolute atomic E-state index is 12.0. The van der Waals surface area contributed by atoms with Crippen LogP contribution in [0.1, 0.15) is 168 Å². The predicted molar refractivity (Wildman–Crippen MR) is 186 cm³/mol. The van der Waals surface area contributed by atoms with Crippen LogP contribution in [0.3, 0.4) is 0 Å². The zero-order chi connectivity index (χ0) is 33.1. The monoisotopic (exact) mass is 648 g/mol. The summed E-state index contributed by atoms with van der Waals surface area (Å²) in [7, 11) is 0. The first kappa shape index (κ1) is 40.5. The van der Waals surface area contributed by atoms with Gasteiger partial charge in [0.1, 0.15) is 19.3 Å². The molecule has 2 saturated heterocycles. The summed E-state index contributed by atoms with van der Waals surface area (Å²) in [4.78, 5) is 23.9. The summed E-state index contributed by atoms with van der Waals surface area (Å²) in [5.41, 5.74) is 0. The number of unbranched alkanes of at least 4 members (excludes halogenated alkanes) is 14. The van der Waals surface area contributed by atoms with Crippen LogP contribution < -0.4 is 0 Å². The van der Waals surface area contributed by atoms with Gasteiger partial charge in [-0.25, -0.2) is 0 Å². The Morgan fingerprint density at radius 1 is 0.565 bits per heavy atom. The van der Waals surface area contributed by atoms with Crippen molar-refractivity contribution in [1.82, 2.24) is 0 Å². The molecule has 0 radical (unpaired) electrons. The van der Waals surface area contributed by atoms with Crippen molar-refractivity contribution in [2.24, 2.45) is 0 Å². The molecule has 0 aliphatic carbocycles. The topological polar surface area (TPSA) is 97.9 Å². The van der Waals surface area contributed by atoms with Crippen LogP contribution in [-0.4, -0.2) is 60.8 Å². The molecule has 46 heavy (non-hydrogen) atoms. The van der Waals surface area contributed by atoms with Crippen LogP contribution in [0.5, 0.6) is 0 Å². The highest BCUT2D eigenvalue weighted by molar-refractivity contribution is 5.69. The highest BCUT2D eigenvalue weighted by atomic mass is 16.6. The van der Waals surface area contributed by atoms with Gasteiger partial charge in [-0.3, -0.25) is 9.59 Å². The van der Waals surface area contributed by atoms with E-state index in [2.05, 4.69) is 38.2 Å². The normalized spacial score (nSPS) is 21.2. The Hall–Kier alpha value is -1.70. The largest absolute Gasteiger partial charge is 0.463 e. The number of carbonyl (C=O) groups is 2. The summed E-state index contributed by atoms with van der Waals surface area (Å²) in [5.74, 6) is -0.607. The van der Waals surface area contributed by atoms with Crippen molar-refractivity contribution in [2.45, 2.75) is 198 Å². The van der Waals surface area contributed by atoms with Gasteiger partial charge >= 0.3 is 11.9 Å². The second-order valence-corrected chi connectivity index (χ2v) is 13.5. The van der Waals surface area contributed by atoms with Gasteiger partial charge in [-0.2, -0.15) is 0 Å². The minimum absolute atomic E-state index is 0.133. The van der Waals surface area contributed by atoms with Gasteiger partial charge in [0.15, 0.2) is 0 Å². The van der Waals surface area contributed by atoms with E-state index in [4.69, 9.17) is 18.9 Å². The average Bonchev–Trinajstić information content (AvgIpc) is 3.98. The number of hydrogen-bond acceptors (Lipinski definition) is 7. The Labute approximate surface area is 281 Å². The Bertz CT molecular complexity index is 759. The molecule has 7 heteroatoms. The molecule has 2 aliphatic heterocycles. The second kappa shape index (κ2) is 27.3. The van der Waals surface area contributed by atoms with Crippen LogP contribution in [0, 0.1) is 0 Å². The molecule has 2 heterocycles. The van der Waals surface area contributed by atoms with Gasteiger partial charge in [0.2, 0.25) is 0 Å². The van der Waals surface area contributed by atoms with Gasteiger partial charge in [0.25, 0.3) is 0 Å². The molecule has 1 N–H and O–H groups in total. The average molecular weight is 649 g/mol. The van der Waals surface area contributed by atoms with Crippen molar-refractivity contribution in [3.05, 3.63) is 24.3 Å². The van der Waals surface area contributed by atoms with Crippen molar-refractivity contribution in [3.63, 3.8) is 0 Å². The number of ether oxygens (including phenoxy) is 4. The molecule has 0 bridgehead atoms. The van der Waals surface area contributed by atoms with E-state index in [-0.39, 0.29) is 25.2 Å². The Morgan fingerprint density at radius 3 is 1.41 bits per heavy atom. The number of epoxide rings is 2. The third-order valence-electron chi connectivity index (χ3n) is 9.01. The van der Waals surface area contributed by atoms with E-state index < -0.39 is 6.10 Å². The lowest BCUT2D eigenvalue weighted by atomic mass is 10.1. The van der Waals surface area contributed by atoms with Gasteiger partial charge < -0.3 is 24.1 Å². The molecular weight excluding hydrogens is 580 g/mol. The molecule has 2 rings (SSSR count). The summed E-state index contributed by atoms with van der Waals surface area (Å²) in [6.07, 6.45) is 35.7. The highest BCUT2D eigenvalue weighted by Crippen LogP contribution is 2.31. The first-order valence-corrected chi connectivity index (χ1v) is 19.1. The lowest BCUT2D eigenvalue weighted by Crippen LogP contribution is -2.25. The third kappa shape index (κ3) is 22.8. The summed E-state index contributed by atoms with van der Waals surface area (Å²) < 4.78 is 21.8. The highest BCUT2D eigenvalue weighted by Gasteiger charge is 2.37. The molecular formula is C39H68O7. The number of aliphatic hydroxyl groups excluding tert-OH is 1. The second-order valence-electron chi connectivity index (χ2n) is 13.5. The van der Waals surface area contributed by atoms with E-state index in [1.807, 2.05) is 0 Å². The van der Waals surface area contributed by atoms with Crippen LogP contribution in [0.15, 0.2) is 24.3 Å². The van der Waals surface area contributed by atoms with Gasteiger partial charge in [-0.1, -0.05) is 115 Å². The van der Waals surface area contributed by atoms with Crippen LogP contribution in [0.25, 0.3) is 0 Å². The maximum atomic E-state index is 12.0. The fourth-order valence-electron chi connectivity index (χ4n) is 5.86. The van der Waals surface area contributed by atoms with Crippen molar-refractivity contribution in [1.29, 1.82) is 0 Å². The summed E-state index contributed by atoms with van der Waals surface area (Å²) >= 11 is 0. The molecule has 7 nitrogen and oxygen atoms in total. The fourth-order valence-corrected chi connectivity index (χ4v) is 5.86. The van der Waals surface area contributed by atoms with Crippen LogP contribution in [0.4, 0.5) is 0 Å². The van der Waals surface area contributed by atoms with Crippen molar-refractivity contribution < 1.29 is 33.6 Å². The standard InChI is InChI=1S/C39H68O7/c1-3-5-19-25-34-36(45-34)27-21-15-11-7-9-13-17-23-29-38(41)43-31-33(40)32-44-39(42)30-24-18-14-10-8-12-16-22-28-37-35(46-37)26-20-6-4-2/h15-16,21-22,33-37,40H,3-14,17-20,23-32H2,1-2H3/b21-15-,22-16?. The number of rotatable bonds is 32. The lowest BCUT2D eigenvalue weighted by Gasteiger charge is -2.12. The van der Waals surface area contributed by atoms with Crippen molar-refractivity contribution in [3.8, 4) is 0 Å². The van der Waals surface area contributed by atoms with Gasteiger partial charge in [-0.05, 0) is 64.2 Å². The summed E-state index contributed by atoms with van der Waals surface area (Å²) in [6, 6.07) is 0. The van der Waals surface area contributed by atoms with Crippen molar-refractivity contribution in [2.75, 3.05) is 13.2 Å². The van der Waals surface area contributed by atoms with E-state index in [0.717, 1.165) is 77.0 Å². The van der Waals surface area contributed by atoms with E-state index in [1.54, 1.807) is 0 Å². The molecule has 5 atom stereocenters. The van der Waals surface area contributed by atoms with Crippen LogP contribution >= 0.6 is 0 Å². The molecule has 0 aromatic carbocycles. The minimum atomic E-state index is -0.981. The molecule has 266 valence electrons. The molecule has 0 aromatic heterocycles. The molecule has 0 saturated carbocycles. The molecule has 0 amide bonds. The van der Waals surface area contributed by atoms with Crippen molar-refractivity contribution >= 4 is 11.9 Å². The van der Waals surface area contributed by atoms with Gasteiger partial charge in [0, 0.05) is 12.8 Å². The Kier molecular flexibility index (Phi) is 24.0.